The van der Waals surface area contributed by atoms with E-state index in [0.717, 1.165) is 0 Å². The molecule has 36 heavy (non-hydrogen) atoms. The Bertz CT molecular complexity index is 1290. The maximum absolute atomic E-state index is 13.2. The van der Waals surface area contributed by atoms with E-state index in [9.17, 15) is 27.2 Å². The quantitative estimate of drug-likeness (QED) is 0.245. The van der Waals surface area contributed by atoms with Crippen LogP contribution in [0.3, 0.4) is 0 Å². The van der Waals surface area contributed by atoms with E-state index >= 15 is 0 Å². The lowest BCUT2D eigenvalue weighted by Gasteiger charge is -2.25. The number of hydrogen-bond acceptors (Lipinski definition) is 6. The average Bonchev–Trinajstić information content (AvgIpc) is 3.19. The number of ether oxygens (including phenoxy) is 2. The average molecular weight is 503 g/mol. The summed E-state index contributed by atoms with van der Waals surface area (Å²) in [6.45, 7) is 1.84. The van der Waals surface area contributed by atoms with Crippen LogP contribution in [0.15, 0.2) is 54.9 Å². The van der Waals surface area contributed by atoms with Crippen molar-refractivity contribution in [2.24, 2.45) is 0 Å². The Morgan fingerprint density at radius 1 is 1.17 bits per heavy atom. The number of amides is 1. The molecule has 0 saturated heterocycles. The number of fused-ring (bicyclic) bond motifs is 1. The van der Waals surface area contributed by atoms with Crippen LogP contribution in [0.2, 0.25) is 0 Å². The fourth-order valence-electron chi connectivity index (χ4n) is 3.75. The zero-order valence-corrected chi connectivity index (χ0v) is 19.3. The minimum absolute atomic E-state index is 0.0254. The molecular formula is C25H21F4N3O4. The molecule has 1 aromatic carbocycles. The maximum atomic E-state index is 13.2. The molecule has 0 N–H and O–H groups in total. The zero-order chi connectivity index (χ0) is 26.0. The number of halogens is 4. The molecule has 0 fully saturated rings. The van der Waals surface area contributed by atoms with Gasteiger partial charge in [0.1, 0.15) is 5.75 Å². The first-order valence-corrected chi connectivity index (χ1v) is 10.9. The lowest BCUT2D eigenvalue weighted by atomic mass is 10.1. The molecule has 1 aliphatic heterocycles. The van der Waals surface area contributed by atoms with E-state index in [1.54, 1.807) is 43.3 Å². The van der Waals surface area contributed by atoms with Crippen molar-refractivity contribution in [2.45, 2.75) is 38.8 Å². The lowest BCUT2D eigenvalue weighted by molar-refractivity contribution is -0.148. The SMILES string of the molecule is Cc1cc(C(C)N2Cc3c(ccnc3C(=O)Oc3ccccc3)C2=O)cnc1OCC(F)(F)C(F)F. The third-order valence-corrected chi connectivity index (χ3v) is 5.74. The third-order valence-electron chi connectivity index (χ3n) is 5.74. The number of rotatable bonds is 8. The van der Waals surface area contributed by atoms with Crippen molar-refractivity contribution in [1.82, 2.24) is 14.9 Å². The number of carbonyl (C=O) groups is 2. The monoisotopic (exact) mass is 503 g/mol. The summed E-state index contributed by atoms with van der Waals surface area (Å²) < 4.78 is 61.3. The Kier molecular flexibility index (Phi) is 6.91. The molecule has 0 bridgehead atoms. The van der Waals surface area contributed by atoms with Crippen molar-refractivity contribution in [1.29, 1.82) is 0 Å². The number of nitrogens with zero attached hydrogens (tertiary/aromatic N) is 3. The molecule has 1 atom stereocenters. The van der Waals surface area contributed by atoms with Gasteiger partial charge in [-0.2, -0.15) is 8.78 Å². The summed E-state index contributed by atoms with van der Waals surface area (Å²) >= 11 is 0. The molecule has 0 radical (unpaired) electrons. The highest BCUT2D eigenvalue weighted by molar-refractivity contribution is 6.02. The minimum Gasteiger partial charge on any atom is -0.471 e. The molecule has 0 saturated carbocycles. The van der Waals surface area contributed by atoms with Crippen LogP contribution < -0.4 is 9.47 Å². The fourth-order valence-corrected chi connectivity index (χ4v) is 3.75. The minimum atomic E-state index is -4.30. The second-order valence-electron chi connectivity index (χ2n) is 8.24. The molecule has 11 heteroatoms. The van der Waals surface area contributed by atoms with Crippen LogP contribution in [0.1, 0.15) is 50.5 Å². The molecule has 7 nitrogen and oxygen atoms in total. The summed E-state index contributed by atoms with van der Waals surface area (Å²) in [6, 6.07) is 11.0. The molecule has 188 valence electrons. The Morgan fingerprint density at radius 2 is 1.89 bits per heavy atom. The third kappa shape index (κ3) is 5.00. The van der Waals surface area contributed by atoms with Gasteiger partial charge in [-0.15, -0.1) is 0 Å². The Morgan fingerprint density at radius 3 is 2.56 bits per heavy atom. The van der Waals surface area contributed by atoms with Crippen molar-refractivity contribution >= 4 is 11.9 Å². The highest BCUT2D eigenvalue weighted by Crippen LogP contribution is 2.34. The van der Waals surface area contributed by atoms with Gasteiger partial charge >= 0.3 is 18.3 Å². The maximum Gasteiger partial charge on any atom is 0.362 e. The van der Waals surface area contributed by atoms with Crippen LogP contribution in [0.5, 0.6) is 11.6 Å². The van der Waals surface area contributed by atoms with E-state index < -0.39 is 31.0 Å². The number of esters is 1. The van der Waals surface area contributed by atoms with Crippen LogP contribution in [-0.4, -0.2) is 45.7 Å². The van der Waals surface area contributed by atoms with Gasteiger partial charge in [-0.1, -0.05) is 18.2 Å². The molecule has 0 aliphatic carbocycles. The number of alkyl halides is 4. The first-order chi connectivity index (χ1) is 17.1. The molecule has 3 heterocycles. The predicted molar refractivity (Wildman–Crippen MR) is 119 cm³/mol. The van der Waals surface area contributed by atoms with Crippen LogP contribution in [-0.2, 0) is 6.54 Å². The molecule has 0 spiro atoms. The van der Waals surface area contributed by atoms with Gasteiger partial charge in [-0.05, 0) is 43.7 Å². The van der Waals surface area contributed by atoms with E-state index in [1.165, 1.54) is 30.3 Å². The van der Waals surface area contributed by atoms with Gasteiger partial charge in [-0.3, -0.25) is 4.79 Å². The summed E-state index contributed by atoms with van der Waals surface area (Å²) in [7, 11) is 0. The molecular weight excluding hydrogens is 482 g/mol. The van der Waals surface area contributed by atoms with Crippen LogP contribution in [0, 0.1) is 6.92 Å². The summed E-state index contributed by atoms with van der Waals surface area (Å²) in [6.07, 6.45) is -1.17. The zero-order valence-electron chi connectivity index (χ0n) is 19.3. The normalized spacial score (nSPS) is 14.1. The second kappa shape index (κ2) is 9.92. The largest absolute Gasteiger partial charge is 0.471 e. The smallest absolute Gasteiger partial charge is 0.362 e. The van der Waals surface area contributed by atoms with E-state index in [-0.39, 0.29) is 24.0 Å². The number of carbonyl (C=O) groups excluding carboxylic acids is 2. The van der Waals surface area contributed by atoms with Crippen molar-refractivity contribution in [3.63, 3.8) is 0 Å². The van der Waals surface area contributed by atoms with E-state index in [1.807, 2.05) is 0 Å². The van der Waals surface area contributed by atoms with Crippen molar-refractivity contribution in [3.8, 4) is 11.6 Å². The number of aromatic nitrogens is 2. The summed E-state index contributed by atoms with van der Waals surface area (Å²) in [5.41, 5.74) is 1.66. The summed E-state index contributed by atoms with van der Waals surface area (Å²) in [4.78, 5) is 35.5. The number of para-hydroxylation sites is 1. The standard InChI is InChI=1S/C25H21F4N3O4/c1-14-10-16(11-31-21(14)35-13-25(28,29)24(26)27)15(2)32-12-19-18(22(32)33)8-9-30-20(19)23(34)36-17-6-4-3-5-7-17/h3-11,15,24H,12-13H2,1-2H3. The van der Waals surface area contributed by atoms with Gasteiger partial charge in [-0.25, -0.2) is 23.5 Å². The van der Waals surface area contributed by atoms with Crippen LogP contribution >= 0.6 is 0 Å². The molecule has 1 amide bonds. The number of hydrogen-bond donors (Lipinski definition) is 0. The highest BCUT2D eigenvalue weighted by Gasteiger charge is 2.42. The summed E-state index contributed by atoms with van der Waals surface area (Å²) in [5, 5.41) is 0. The molecule has 1 unspecified atom stereocenters. The first kappa shape index (κ1) is 25.1. The Labute approximate surface area is 203 Å². The predicted octanol–water partition coefficient (Wildman–Crippen LogP) is 5.00. The van der Waals surface area contributed by atoms with Gasteiger partial charge < -0.3 is 14.4 Å². The summed E-state index contributed by atoms with van der Waals surface area (Å²) in [5.74, 6) is -5.20. The Hall–Kier alpha value is -4.02. The van der Waals surface area contributed by atoms with E-state index in [2.05, 4.69) is 9.97 Å². The topological polar surface area (TPSA) is 81.6 Å². The van der Waals surface area contributed by atoms with E-state index in [4.69, 9.17) is 9.47 Å². The highest BCUT2D eigenvalue weighted by atomic mass is 19.3. The van der Waals surface area contributed by atoms with Crippen LogP contribution in [0.4, 0.5) is 17.6 Å². The number of benzene rings is 1. The molecule has 3 aromatic rings. The molecule has 1 aliphatic rings. The van der Waals surface area contributed by atoms with Crippen molar-refractivity contribution < 1.29 is 36.6 Å². The Balaban J connectivity index is 1.51. The van der Waals surface area contributed by atoms with Gasteiger partial charge in [0.05, 0.1) is 6.04 Å². The molecule has 2 aromatic heterocycles. The second-order valence-corrected chi connectivity index (χ2v) is 8.24. The lowest BCUT2D eigenvalue weighted by Crippen LogP contribution is -2.34. The van der Waals surface area contributed by atoms with Gasteiger partial charge in [0.2, 0.25) is 5.88 Å². The van der Waals surface area contributed by atoms with E-state index in [0.29, 0.717) is 28.0 Å². The number of aryl methyl sites for hydroxylation is 1. The first-order valence-electron chi connectivity index (χ1n) is 10.9. The van der Waals surface area contributed by atoms with Crippen molar-refractivity contribution in [2.75, 3.05) is 6.61 Å². The molecule has 4 rings (SSSR count). The van der Waals surface area contributed by atoms with Gasteiger partial charge in [0.25, 0.3) is 5.91 Å². The van der Waals surface area contributed by atoms with Crippen LogP contribution in [0.25, 0.3) is 0 Å². The number of pyridine rings is 2. The van der Waals surface area contributed by atoms with Gasteiger partial charge in [0.15, 0.2) is 12.3 Å². The van der Waals surface area contributed by atoms with Crippen molar-refractivity contribution in [3.05, 3.63) is 82.8 Å². The fraction of sp³-hybridized carbons (Fsp3) is 0.280. The van der Waals surface area contributed by atoms with Gasteiger partial charge in [0, 0.05) is 35.6 Å².